The molecule has 26 heavy (non-hydrogen) atoms. The number of hydrogen-bond acceptors (Lipinski definition) is 7. The second-order valence-electron chi connectivity index (χ2n) is 6.93. The SMILES string of the molecule is CC1NNC(C)C1S(=O)(=O)N1CCN(c2cccc3[nH]c(=O)oc23)CC1. The van der Waals surface area contributed by atoms with Crippen LogP contribution in [0.5, 0.6) is 0 Å². The first-order valence-corrected chi connectivity index (χ1v) is 10.2. The standard InChI is InChI=1S/C16H23N5O4S/c1-10-15(11(2)19-18-10)26(23,24)21-8-6-20(7-9-21)13-5-3-4-12-14(13)25-16(22)17-12/h3-5,10-11,15,18-19H,6-9H2,1-2H3,(H,17,22). The topological polar surface area (TPSA) is 111 Å². The quantitative estimate of drug-likeness (QED) is 0.677. The van der Waals surface area contributed by atoms with Crippen LogP contribution in [0.3, 0.4) is 0 Å². The summed E-state index contributed by atoms with van der Waals surface area (Å²) in [6.07, 6.45) is 0. The largest absolute Gasteiger partial charge is 0.417 e. The highest BCUT2D eigenvalue weighted by molar-refractivity contribution is 7.89. The van der Waals surface area contributed by atoms with Gasteiger partial charge >= 0.3 is 5.76 Å². The fourth-order valence-electron chi connectivity index (χ4n) is 3.94. The summed E-state index contributed by atoms with van der Waals surface area (Å²) in [5.74, 6) is -0.488. The molecule has 2 aliphatic heterocycles. The Bertz CT molecular complexity index is 950. The lowest BCUT2D eigenvalue weighted by atomic mass is 10.2. The lowest BCUT2D eigenvalue weighted by molar-refractivity contribution is 0.374. The van der Waals surface area contributed by atoms with Crippen molar-refractivity contribution in [1.82, 2.24) is 20.1 Å². The van der Waals surface area contributed by atoms with E-state index in [1.165, 1.54) is 0 Å². The van der Waals surface area contributed by atoms with E-state index in [0.29, 0.717) is 37.3 Å². The maximum atomic E-state index is 13.0. The van der Waals surface area contributed by atoms with Gasteiger partial charge in [0.25, 0.3) is 0 Å². The smallest absolute Gasteiger partial charge is 0.406 e. The van der Waals surface area contributed by atoms with E-state index in [0.717, 1.165) is 5.69 Å². The van der Waals surface area contributed by atoms with Crippen LogP contribution in [0, 0.1) is 0 Å². The first-order chi connectivity index (χ1) is 12.4. The fraction of sp³-hybridized carbons (Fsp3) is 0.562. The number of hydrazine groups is 1. The van der Waals surface area contributed by atoms with Crippen molar-refractivity contribution in [2.45, 2.75) is 31.2 Å². The van der Waals surface area contributed by atoms with E-state index in [4.69, 9.17) is 4.42 Å². The van der Waals surface area contributed by atoms with E-state index in [2.05, 4.69) is 20.7 Å². The zero-order valence-corrected chi connectivity index (χ0v) is 15.5. The lowest BCUT2D eigenvalue weighted by Crippen LogP contribution is -2.54. The maximum absolute atomic E-state index is 13.0. The number of piperazine rings is 1. The van der Waals surface area contributed by atoms with E-state index in [1.54, 1.807) is 10.4 Å². The number of fused-ring (bicyclic) bond motifs is 1. The minimum Gasteiger partial charge on any atom is -0.406 e. The summed E-state index contributed by atoms with van der Waals surface area (Å²) in [5.41, 5.74) is 7.99. The van der Waals surface area contributed by atoms with Crippen LogP contribution < -0.4 is 21.5 Å². The van der Waals surface area contributed by atoms with Crippen LogP contribution >= 0.6 is 0 Å². The number of nitrogens with one attached hydrogen (secondary N) is 3. The average molecular weight is 381 g/mol. The highest BCUT2D eigenvalue weighted by atomic mass is 32.2. The number of H-pyrrole nitrogens is 1. The molecular weight excluding hydrogens is 358 g/mol. The molecule has 1 aromatic heterocycles. The number of sulfonamides is 1. The number of aromatic amines is 1. The van der Waals surface area contributed by atoms with Crippen molar-refractivity contribution in [1.29, 1.82) is 0 Å². The summed E-state index contributed by atoms with van der Waals surface area (Å²) in [6.45, 7) is 5.66. The molecule has 9 nitrogen and oxygen atoms in total. The van der Waals surface area contributed by atoms with Crippen molar-refractivity contribution in [3.8, 4) is 0 Å². The predicted molar refractivity (Wildman–Crippen MR) is 98.5 cm³/mol. The first-order valence-electron chi connectivity index (χ1n) is 8.75. The zero-order valence-electron chi connectivity index (χ0n) is 14.7. The Balaban J connectivity index is 1.53. The summed E-state index contributed by atoms with van der Waals surface area (Å²) in [7, 11) is -3.40. The molecule has 0 amide bonds. The Morgan fingerprint density at radius 2 is 1.73 bits per heavy atom. The van der Waals surface area contributed by atoms with Gasteiger partial charge in [0, 0.05) is 38.3 Å². The molecule has 1 aromatic carbocycles. The van der Waals surface area contributed by atoms with E-state index in [-0.39, 0.29) is 12.1 Å². The maximum Gasteiger partial charge on any atom is 0.417 e. The molecule has 4 rings (SSSR count). The van der Waals surface area contributed by atoms with Gasteiger partial charge in [-0.25, -0.2) is 13.2 Å². The van der Waals surface area contributed by atoms with Crippen molar-refractivity contribution < 1.29 is 12.8 Å². The summed E-state index contributed by atoms with van der Waals surface area (Å²) in [4.78, 5) is 16.2. The summed E-state index contributed by atoms with van der Waals surface area (Å²) >= 11 is 0. The van der Waals surface area contributed by atoms with Crippen LogP contribution in [0.25, 0.3) is 11.1 Å². The Labute approximate surface area is 151 Å². The van der Waals surface area contributed by atoms with Crippen LogP contribution in [-0.2, 0) is 10.0 Å². The molecule has 2 fully saturated rings. The molecule has 3 heterocycles. The molecule has 2 aliphatic rings. The van der Waals surface area contributed by atoms with Crippen molar-refractivity contribution in [2.24, 2.45) is 0 Å². The molecule has 0 saturated carbocycles. The van der Waals surface area contributed by atoms with E-state index in [1.807, 2.05) is 26.0 Å². The molecule has 2 aromatic rings. The minimum absolute atomic E-state index is 0.143. The number of anilines is 1. The second kappa shape index (κ2) is 6.38. The van der Waals surface area contributed by atoms with Crippen LogP contribution in [0.1, 0.15) is 13.8 Å². The summed E-state index contributed by atoms with van der Waals surface area (Å²) in [5, 5.41) is -0.486. The zero-order chi connectivity index (χ0) is 18.5. The number of oxazole rings is 1. The number of benzene rings is 1. The van der Waals surface area contributed by atoms with Gasteiger partial charge in [0.2, 0.25) is 10.0 Å². The van der Waals surface area contributed by atoms with E-state index < -0.39 is 21.0 Å². The monoisotopic (exact) mass is 381 g/mol. The van der Waals surface area contributed by atoms with Crippen molar-refractivity contribution in [3.05, 3.63) is 28.7 Å². The number of hydrogen-bond donors (Lipinski definition) is 3. The Morgan fingerprint density at radius 1 is 1.08 bits per heavy atom. The Morgan fingerprint density at radius 3 is 2.38 bits per heavy atom. The highest BCUT2D eigenvalue weighted by Crippen LogP contribution is 2.27. The normalized spacial score (nSPS) is 28.1. The van der Waals surface area contributed by atoms with Gasteiger partial charge in [-0.2, -0.15) is 4.31 Å². The van der Waals surface area contributed by atoms with Gasteiger partial charge in [-0.15, -0.1) is 0 Å². The molecule has 2 unspecified atom stereocenters. The van der Waals surface area contributed by atoms with Crippen molar-refractivity contribution >= 4 is 26.8 Å². The number of rotatable bonds is 3. The predicted octanol–water partition coefficient (Wildman–Crippen LogP) is -0.174. The van der Waals surface area contributed by atoms with E-state index in [9.17, 15) is 13.2 Å². The average Bonchev–Trinajstić information content (AvgIpc) is 3.16. The van der Waals surface area contributed by atoms with E-state index >= 15 is 0 Å². The lowest BCUT2D eigenvalue weighted by Gasteiger charge is -2.37. The molecule has 2 saturated heterocycles. The molecule has 2 atom stereocenters. The molecule has 0 spiro atoms. The molecule has 0 radical (unpaired) electrons. The van der Waals surface area contributed by atoms with Gasteiger partial charge in [0.05, 0.1) is 11.2 Å². The number of nitrogens with zero attached hydrogens (tertiary/aromatic N) is 2. The highest BCUT2D eigenvalue weighted by Gasteiger charge is 2.44. The number of aromatic nitrogens is 1. The van der Waals surface area contributed by atoms with Gasteiger partial charge in [-0.3, -0.25) is 15.8 Å². The molecule has 142 valence electrons. The Kier molecular flexibility index (Phi) is 4.30. The molecule has 0 bridgehead atoms. The van der Waals surface area contributed by atoms with Crippen LogP contribution in [0.2, 0.25) is 0 Å². The number of para-hydroxylation sites is 1. The summed E-state index contributed by atoms with van der Waals surface area (Å²) < 4.78 is 32.9. The third-order valence-electron chi connectivity index (χ3n) is 5.23. The molecule has 10 heteroatoms. The fourth-order valence-corrected chi connectivity index (χ4v) is 6.12. The third kappa shape index (κ3) is 2.82. The van der Waals surface area contributed by atoms with Crippen molar-refractivity contribution in [3.63, 3.8) is 0 Å². The summed E-state index contributed by atoms with van der Waals surface area (Å²) in [6, 6.07) is 5.24. The van der Waals surface area contributed by atoms with Gasteiger partial charge < -0.3 is 9.32 Å². The first kappa shape index (κ1) is 17.5. The molecule has 0 aliphatic carbocycles. The van der Waals surface area contributed by atoms with Gasteiger partial charge in [0.1, 0.15) is 5.25 Å². The van der Waals surface area contributed by atoms with Crippen molar-refractivity contribution in [2.75, 3.05) is 31.1 Å². The van der Waals surface area contributed by atoms with Gasteiger partial charge in [-0.05, 0) is 26.0 Å². The molecular formula is C16H23N5O4S. The van der Waals surface area contributed by atoms with Crippen LogP contribution in [0.15, 0.2) is 27.4 Å². The van der Waals surface area contributed by atoms with Gasteiger partial charge in [0.15, 0.2) is 5.58 Å². The molecule has 3 N–H and O–H groups in total. The second-order valence-corrected chi connectivity index (χ2v) is 9.02. The third-order valence-corrected chi connectivity index (χ3v) is 7.82. The van der Waals surface area contributed by atoms with Crippen LogP contribution in [0.4, 0.5) is 5.69 Å². The minimum atomic E-state index is -3.40. The van der Waals surface area contributed by atoms with Crippen LogP contribution in [-0.4, -0.2) is 61.2 Å². The van der Waals surface area contributed by atoms with Gasteiger partial charge in [-0.1, -0.05) is 6.07 Å². The Hall–Kier alpha value is -1.88.